The van der Waals surface area contributed by atoms with Crippen molar-refractivity contribution in [3.63, 3.8) is 0 Å². The lowest BCUT2D eigenvalue weighted by Gasteiger charge is -2.33. The van der Waals surface area contributed by atoms with Crippen LogP contribution in [-0.2, 0) is 23.9 Å². The molecule has 18 heavy (non-hydrogen) atoms. The van der Waals surface area contributed by atoms with Crippen LogP contribution in [0.3, 0.4) is 0 Å². The second-order valence-corrected chi connectivity index (χ2v) is 5.51. The molecule has 0 aromatic carbocycles. The number of methoxy groups -OCH3 is 1. The van der Waals surface area contributed by atoms with Crippen molar-refractivity contribution in [2.24, 2.45) is 23.2 Å². The molecular weight excluding hydrogens is 236 g/mol. The minimum Gasteiger partial charge on any atom is -0.469 e. The van der Waals surface area contributed by atoms with Crippen molar-refractivity contribution in [1.82, 2.24) is 0 Å². The van der Waals surface area contributed by atoms with Gasteiger partial charge in [0.05, 0.1) is 24.4 Å². The molecule has 0 aromatic rings. The van der Waals surface area contributed by atoms with Crippen LogP contribution >= 0.6 is 0 Å². The van der Waals surface area contributed by atoms with E-state index in [-0.39, 0.29) is 5.92 Å². The Morgan fingerprint density at radius 3 is 2.28 bits per heavy atom. The quantitative estimate of drug-likeness (QED) is 0.563. The van der Waals surface area contributed by atoms with Crippen molar-refractivity contribution in [3.05, 3.63) is 0 Å². The van der Waals surface area contributed by atoms with E-state index in [1.807, 2.05) is 13.8 Å². The van der Waals surface area contributed by atoms with Crippen LogP contribution < -0.4 is 0 Å². The zero-order valence-electron chi connectivity index (χ0n) is 11.5. The summed E-state index contributed by atoms with van der Waals surface area (Å²) in [4.78, 5) is 35.2. The molecule has 1 unspecified atom stereocenters. The van der Waals surface area contributed by atoms with E-state index < -0.39 is 35.2 Å². The molecule has 1 aliphatic rings. The van der Waals surface area contributed by atoms with Gasteiger partial charge >= 0.3 is 17.9 Å². The Hall–Kier alpha value is -1.39. The first-order valence-electron chi connectivity index (χ1n) is 6.08. The van der Waals surface area contributed by atoms with Gasteiger partial charge in [0.25, 0.3) is 0 Å². The van der Waals surface area contributed by atoms with Crippen molar-refractivity contribution in [2.45, 2.75) is 34.1 Å². The number of carbonyl (C=O) groups excluding carboxylic acids is 3. The lowest BCUT2D eigenvalue weighted by molar-refractivity contribution is -0.164. The highest BCUT2D eigenvalue weighted by atomic mass is 16.6. The molecule has 1 heterocycles. The maximum Gasteiger partial charge on any atom is 0.318 e. The largest absolute Gasteiger partial charge is 0.469 e. The van der Waals surface area contributed by atoms with Gasteiger partial charge < -0.3 is 9.47 Å². The molecular formula is C13H20O5. The molecule has 0 saturated carbocycles. The molecule has 1 fully saturated rings. The molecule has 3 atom stereocenters. The summed E-state index contributed by atoms with van der Waals surface area (Å²) in [6.45, 7) is 7.18. The van der Waals surface area contributed by atoms with Gasteiger partial charge in [-0.1, -0.05) is 20.8 Å². The van der Waals surface area contributed by atoms with Gasteiger partial charge in [0.15, 0.2) is 0 Å². The fourth-order valence-corrected chi connectivity index (χ4v) is 2.83. The summed E-state index contributed by atoms with van der Waals surface area (Å²) < 4.78 is 9.43. The normalized spacial score (nSPS) is 27.0. The van der Waals surface area contributed by atoms with Crippen LogP contribution in [0.4, 0.5) is 0 Å². The lowest BCUT2D eigenvalue weighted by atomic mass is 9.68. The first-order chi connectivity index (χ1) is 8.24. The van der Waals surface area contributed by atoms with Crippen molar-refractivity contribution in [2.75, 3.05) is 7.11 Å². The third-order valence-electron chi connectivity index (χ3n) is 3.50. The fraction of sp³-hybridized carbons (Fsp3) is 0.769. The number of esters is 3. The molecule has 5 nitrogen and oxygen atoms in total. The standard InChI is InChI=1S/C13H20O5/c1-7(2)6-13(4,12(16)17-5)9-8(3)10(14)18-11(9)15/h7-9H,6H2,1-5H3/t8-,9+,13?/m0/s1. The van der Waals surface area contributed by atoms with E-state index in [2.05, 4.69) is 4.74 Å². The number of carbonyl (C=O) groups is 3. The third kappa shape index (κ3) is 2.40. The molecule has 0 aromatic heterocycles. The monoisotopic (exact) mass is 256 g/mol. The van der Waals surface area contributed by atoms with E-state index in [1.165, 1.54) is 7.11 Å². The van der Waals surface area contributed by atoms with E-state index in [4.69, 9.17) is 4.74 Å². The second kappa shape index (κ2) is 5.08. The fourth-order valence-electron chi connectivity index (χ4n) is 2.83. The van der Waals surface area contributed by atoms with Gasteiger partial charge in [-0.15, -0.1) is 0 Å². The summed E-state index contributed by atoms with van der Waals surface area (Å²) in [5.74, 6) is -2.84. The molecule has 5 heteroatoms. The predicted molar refractivity (Wildman–Crippen MR) is 63.3 cm³/mol. The highest BCUT2D eigenvalue weighted by Gasteiger charge is 2.56. The summed E-state index contributed by atoms with van der Waals surface area (Å²) in [6, 6.07) is 0. The molecule has 1 rings (SSSR count). The van der Waals surface area contributed by atoms with Gasteiger partial charge in [0.2, 0.25) is 0 Å². The minimum atomic E-state index is -1.02. The highest BCUT2D eigenvalue weighted by Crippen LogP contribution is 2.43. The van der Waals surface area contributed by atoms with Crippen molar-refractivity contribution < 1.29 is 23.9 Å². The Morgan fingerprint density at radius 2 is 1.94 bits per heavy atom. The first kappa shape index (κ1) is 14.7. The van der Waals surface area contributed by atoms with Gasteiger partial charge in [-0.2, -0.15) is 0 Å². The van der Waals surface area contributed by atoms with Crippen LogP contribution in [0.25, 0.3) is 0 Å². The van der Waals surface area contributed by atoms with Gasteiger partial charge in [0, 0.05) is 0 Å². The molecule has 102 valence electrons. The van der Waals surface area contributed by atoms with E-state index >= 15 is 0 Å². The molecule has 0 radical (unpaired) electrons. The molecule has 1 saturated heterocycles. The molecule has 0 aliphatic carbocycles. The molecule has 0 amide bonds. The van der Waals surface area contributed by atoms with Gasteiger partial charge in [-0.25, -0.2) is 0 Å². The number of rotatable bonds is 4. The number of hydrogen-bond acceptors (Lipinski definition) is 5. The molecule has 0 N–H and O–H groups in total. The Bertz CT molecular complexity index is 374. The average molecular weight is 256 g/mol. The Balaban J connectivity index is 3.14. The van der Waals surface area contributed by atoms with E-state index in [1.54, 1.807) is 13.8 Å². The first-order valence-corrected chi connectivity index (χ1v) is 6.08. The van der Waals surface area contributed by atoms with E-state index in [9.17, 15) is 14.4 Å². The van der Waals surface area contributed by atoms with E-state index in [0.29, 0.717) is 6.42 Å². The molecule has 0 bridgehead atoms. The van der Waals surface area contributed by atoms with Crippen LogP contribution in [0.5, 0.6) is 0 Å². The van der Waals surface area contributed by atoms with Crippen molar-refractivity contribution in [1.29, 1.82) is 0 Å². The van der Waals surface area contributed by atoms with Crippen LogP contribution in [-0.4, -0.2) is 25.0 Å². The van der Waals surface area contributed by atoms with Crippen LogP contribution in [0.1, 0.15) is 34.1 Å². The van der Waals surface area contributed by atoms with Gasteiger partial charge in [-0.3, -0.25) is 14.4 Å². The van der Waals surface area contributed by atoms with Crippen molar-refractivity contribution >= 4 is 17.9 Å². The topological polar surface area (TPSA) is 69.7 Å². The lowest BCUT2D eigenvalue weighted by Crippen LogP contribution is -2.43. The van der Waals surface area contributed by atoms with Crippen molar-refractivity contribution in [3.8, 4) is 0 Å². The maximum absolute atomic E-state index is 12.0. The Kier molecular flexibility index (Phi) is 4.14. The highest BCUT2D eigenvalue weighted by molar-refractivity contribution is 5.99. The average Bonchev–Trinajstić information content (AvgIpc) is 2.51. The van der Waals surface area contributed by atoms with Crippen LogP contribution in [0.15, 0.2) is 0 Å². The smallest absolute Gasteiger partial charge is 0.318 e. The number of ether oxygens (including phenoxy) is 2. The van der Waals surface area contributed by atoms with Crippen LogP contribution in [0, 0.1) is 23.2 Å². The summed E-state index contributed by atoms with van der Waals surface area (Å²) >= 11 is 0. The minimum absolute atomic E-state index is 0.199. The SMILES string of the molecule is COC(=O)C(C)(CC(C)C)[C@H]1C(=O)OC(=O)[C@H]1C. The second-order valence-electron chi connectivity index (χ2n) is 5.51. The number of hydrogen-bond donors (Lipinski definition) is 0. The zero-order valence-corrected chi connectivity index (χ0v) is 11.5. The maximum atomic E-state index is 12.0. The summed E-state index contributed by atoms with van der Waals surface area (Å²) in [7, 11) is 1.29. The summed E-state index contributed by atoms with van der Waals surface area (Å²) in [5, 5.41) is 0. The molecule has 1 aliphatic heterocycles. The predicted octanol–water partition coefficient (Wildman–Crippen LogP) is 1.55. The van der Waals surface area contributed by atoms with E-state index in [0.717, 1.165) is 0 Å². The zero-order chi connectivity index (χ0) is 14.1. The van der Waals surface area contributed by atoms with Crippen LogP contribution in [0.2, 0.25) is 0 Å². The summed E-state index contributed by atoms with van der Waals surface area (Å²) in [6.07, 6.45) is 0.469. The number of cyclic esters (lactones) is 2. The summed E-state index contributed by atoms with van der Waals surface area (Å²) in [5.41, 5.74) is -1.02. The molecule has 0 spiro atoms. The Labute approximate surface area is 107 Å². The third-order valence-corrected chi connectivity index (χ3v) is 3.50. The van der Waals surface area contributed by atoms with Gasteiger partial charge in [-0.05, 0) is 19.3 Å². The van der Waals surface area contributed by atoms with Gasteiger partial charge in [0.1, 0.15) is 0 Å². The Morgan fingerprint density at radius 1 is 1.39 bits per heavy atom.